The molecule has 4 heteroatoms. The number of hydrogen-bond acceptors (Lipinski definition) is 2. The molecule has 0 radical (unpaired) electrons. The lowest BCUT2D eigenvalue weighted by Crippen LogP contribution is -1.99. The molecule has 18 heavy (non-hydrogen) atoms. The summed E-state index contributed by atoms with van der Waals surface area (Å²) in [5.74, 6) is 0.469. The smallest absolute Gasteiger partial charge is 0.129 e. The van der Waals surface area contributed by atoms with Crippen molar-refractivity contribution < 1.29 is 9.13 Å². The summed E-state index contributed by atoms with van der Waals surface area (Å²) in [6.45, 7) is 0.738. The highest BCUT2D eigenvalue weighted by Crippen LogP contribution is 2.15. The summed E-state index contributed by atoms with van der Waals surface area (Å²) >= 11 is 0. The van der Waals surface area contributed by atoms with Crippen LogP contribution in [0.4, 0.5) is 4.39 Å². The molecule has 0 amide bonds. The average molecular weight is 268 g/mol. The lowest BCUT2D eigenvalue weighted by Gasteiger charge is -2.07. The van der Waals surface area contributed by atoms with Gasteiger partial charge in [-0.2, -0.15) is 0 Å². The molecule has 0 aliphatic rings. The molecule has 2 N–H and O–H groups in total. The van der Waals surface area contributed by atoms with Gasteiger partial charge < -0.3 is 10.5 Å². The average Bonchev–Trinajstić information content (AvgIpc) is 2.38. The highest BCUT2D eigenvalue weighted by atomic mass is 35.5. The Hall–Kier alpha value is -1.58. The van der Waals surface area contributed by atoms with E-state index >= 15 is 0 Å². The lowest BCUT2D eigenvalue weighted by atomic mass is 10.2. The molecule has 0 aromatic heterocycles. The summed E-state index contributed by atoms with van der Waals surface area (Å²) in [4.78, 5) is 0. The maximum Gasteiger partial charge on any atom is 0.129 e. The van der Waals surface area contributed by atoms with Crippen molar-refractivity contribution in [2.75, 3.05) is 0 Å². The molecule has 0 aliphatic carbocycles. The predicted molar refractivity (Wildman–Crippen MR) is 72.3 cm³/mol. The van der Waals surface area contributed by atoms with E-state index in [4.69, 9.17) is 10.5 Å². The standard InChI is InChI=1S/C14H14FNO.ClH/c15-14-4-2-1-3-12(14)10-17-13-7-5-11(9-16)6-8-13;/h1-8H,9-10,16H2;1H. The summed E-state index contributed by atoms with van der Waals surface area (Å²) < 4.78 is 18.8. The van der Waals surface area contributed by atoms with Gasteiger partial charge in [0, 0.05) is 12.1 Å². The minimum atomic E-state index is -0.244. The number of halogens is 2. The Kier molecular flexibility index (Phi) is 5.62. The fraction of sp³-hybridized carbons (Fsp3) is 0.143. The minimum Gasteiger partial charge on any atom is -0.489 e. The molecule has 0 heterocycles. The van der Waals surface area contributed by atoms with Crippen LogP contribution in [0.15, 0.2) is 48.5 Å². The molecule has 2 aromatic rings. The van der Waals surface area contributed by atoms with E-state index in [0.29, 0.717) is 17.9 Å². The molecule has 0 bridgehead atoms. The van der Waals surface area contributed by atoms with Crippen LogP contribution < -0.4 is 10.5 Å². The molecule has 96 valence electrons. The van der Waals surface area contributed by atoms with Crippen molar-refractivity contribution in [2.24, 2.45) is 5.73 Å². The van der Waals surface area contributed by atoms with Crippen LogP contribution in [-0.2, 0) is 13.2 Å². The van der Waals surface area contributed by atoms with Crippen molar-refractivity contribution in [1.29, 1.82) is 0 Å². The molecule has 0 aliphatic heterocycles. The maximum atomic E-state index is 13.3. The largest absolute Gasteiger partial charge is 0.489 e. The van der Waals surface area contributed by atoms with Crippen LogP contribution in [0.1, 0.15) is 11.1 Å². The van der Waals surface area contributed by atoms with E-state index in [2.05, 4.69) is 0 Å². The third-order valence-electron chi connectivity index (χ3n) is 2.51. The second-order valence-electron chi connectivity index (χ2n) is 3.73. The Morgan fingerprint density at radius 1 is 1.00 bits per heavy atom. The fourth-order valence-electron chi connectivity index (χ4n) is 1.50. The molecule has 0 spiro atoms. The van der Waals surface area contributed by atoms with Crippen molar-refractivity contribution in [3.8, 4) is 5.75 Å². The van der Waals surface area contributed by atoms with Crippen molar-refractivity contribution in [1.82, 2.24) is 0 Å². The zero-order valence-electron chi connectivity index (χ0n) is 9.80. The van der Waals surface area contributed by atoms with Crippen molar-refractivity contribution in [3.63, 3.8) is 0 Å². The second-order valence-corrected chi connectivity index (χ2v) is 3.73. The number of ether oxygens (including phenoxy) is 1. The number of nitrogens with two attached hydrogens (primary N) is 1. The topological polar surface area (TPSA) is 35.2 Å². The fourth-order valence-corrected chi connectivity index (χ4v) is 1.50. The third-order valence-corrected chi connectivity index (χ3v) is 2.51. The van der Waals surface area contributed by atoms with Gasteiger partial charge in [-0.05, 0) is 23.8 Å². The summed E-state index contributed by atoms with van der Waals surface area (Å²) in [5, 5.41) is 0. The highest BCUT2D eigenvalue weighted by molar-refractivity contribution is 5.85. The normalized spacial score (nSPS) is 9.67. The van der Waals surface area contributed by atoms with Crippen molar-refractivity contribution >= 4 is 12.4 Å². The van der Waals surface area contributed by atoms with Gasteiger partial charge >= 0.3 is 0 Å². The predicted octanol–water partition coefficient (Wildman–Crippen LogP) is 3.29. The number of rotatable bonds is 4. The zero-order chi connectivity index (χ0) is 12.1. The zero-order valence-corrected chi connectivity index (χ0v) is 10.6. The summed E-state index contributed by atoms with van der Waals surface area (Å²) in [6, 6.07) is 14.1. The van der Waals surface area contributed by atoms with Gasteiger partial charge in [0.05, 0.1) is 0 Å². The van der Waals surface area contributed by atoms with Gasteiger partial charge in [-0.15, -0.1) is 12.4 Å². The Bertz CT molecular complexity index is 487. The van der Waals surface area contributed by atoms with E-state index in [-0.39, 0.29) is 24.8 Å². The Morgan fingerprint density at radius 3 is 2.28 bits per heavy atom. The van der Waals surface area contributed by atoms with Crippen molar-refractivity contribution in [3.05, 3.63) is 65.5 Å². The first kappa shape index (κ1) is 14.5. The van der Waals surface area contributed by atoms with E-state index in [1.54, 1.807) is 18.2 Å². The second kappa shape index (κ2) is 6.99. The number of hydrogen-bond donors (Lipinski definition) is 1. The van der Waals surface area contributed by atoms with Crippen LogP contribution in [0.5, 0.6) is 5.75 Å². The van der Waals surface area contributed by atoms with E-state index in [0.717, 1.165) is 5.56 Å². The van der Waals surface area contributed by atoms with Crippen LogP contribution in [0.3, 0.4) is 0 Å². The lowest BCUT2D eigenvalue weighted by molar-refractivity contribution is 0.300. The van der Waals surface area contributed by atoms with E-state index in [9.17, 15) is 4.39 Å². The molecule has 0 fully saturated rings. The third kappa shape index (κ3) is 3.72. The van der Waals surface area contributed by atoms with Gasteiger partial charge in [0.1, 0.15) is 18.2 Å². The van der Waals surface area contributed by atoms with Crippen LogP contribution in [0.2, 0.25) is 0 Å². The maximum absolute atomic E-state index is 13.3. The molecule has 0 atom stereocenters. The molecule has 2 rings (SSSR count). The first-order valence-corrected chi connectivity index (χ1v) is 5.45. The SMILES string of the molecule is Cl.NCc1ccc(OCc2ccccc2F)cc1. The molecule has 2 nitrogen and oxygen atoms in total. The van der Waals surface area contributed by atoms with Gasteiger partial charge in [0.15, 0.2) is 0 Å². The van der Waals surface area contributed by atoms with E-state index in [1.807, 2.05) is 24.3 Å². The molecular formula is C14H15ClFNO. The molecule has 0 saturated heterocycles. The Labute approximate surface area is 112 Å². The molecule has 0 unspecified atom stereocenters. The summed E-state index contributed by atoms with van der Waals surface area (Å²) in [5.41, 5.74) is 7.09. The first-order valence-electron chi connectivity index (χ1n) is 5.45. The summed E-state index contributed by atoms with van der Waals surface area (Å²) in [6.07, 6.45) is 0. The van der Waals surface area contributed by atoms with E-state index in [1.165, 1.54) is 6.07 Å². The quantitative estimate of drug-likeness (QED) is 0.923. The van der Waals surface area contributed by atoms with Crippen LogP contribution in [-0.4, -0.2) is 0 Å². The van der Waals surface area contributed by atoms with Gasteiger partial charge in [0.25, 0.3) is 0 Å². The summed E-state index contributed by atoms with van der Waals surface area (Å²) in [7, 11) is 0. The number of benzene rings is 2. The van der Waals surface area contributed by atoms with Crippen LogP contribution in [0, 0.1) is 5.82 Å². The van der Waals surface area contributed by atoms with Gasteiger partial charge in [0.2, 0.25) is 0 Å². The highest BCUT2D eigenvalue weighted by Gasteiger charge is 2.01. The van der Waals surface area contributed by atoms with Crippen molar-refractivity contribution in [2.45, 2.75) is 13.2 Å². The van der Waals surface area contributed by atoms with Gasteiger partial charge in [-0.1, -0.05) is 30.3 Å². The minimum absolute atomic E-state index is 0. The molecule has 0 saturated carbocycles. The van der Waals surface area contributed by atoms with Crippen LogP contribution in [0.25, 0.3) is 0 Å². The van der Waals surface area contributed by atoms with Crippen LogP contribution >= 0.6 is 12.4 Å². The van der Waals surface area contributed by atoms with Gasteiger partial charge in [-0.3, -0.25) is 0 Å². The monoisotopic (exact) mass is 267 g/mol. The Morgan fingerprint density at radius 2 is 1.67 bits per heavy atom. The Balaban J connectivity index is 0.00000162. The van der Waals surface area contributed by atoms with Gasteiger partial charge in [-0.25, -0.2) is 4.39 Å². The van der Waals surface area contributed by atoms with E-state index < -0.39 is 0 Å². The molecular weight excluding hydrogens is 253 g/mol. The first-order chi connectivity index (χ1) is 8.29. The molecule has 2 aromatic carbocycles.